The molecule has 0 amide bonds. The van der Waals surface area contributed by atoms with E-state index in [0.29, 0.717) is 5.56 Å². The van der Waals surface area contributed by atoms with Gasteiger partial charge < -0.3 is 20.1 Å². The van der Waals surface area contributed by atoms with Crippen LogP contribution >= 0.6 is 0 Å². The number of rotatable bonds is 3. The van der Waals surface area contributed by atoms with E-state index in [-0.39, 0.29) is 11.5 Å². The molecule has 0 aliphatic carbocycles. The topological polar surface area (TPSA) is 87.0 Å². The summed E-state index contributed by atoms with van der Waals surface area (Å²) in [6, 6.07) is 2.69. The molecule has 1 aromatic carbocycles. The molecule has 5 nitrogen and oxygen atoms in total. The van der Waals surface area contributed by atoms with Crippen LogP contribution in [0.1, 0.15) is 5.56 Å². The normalized spacial score (nSPS) is 10.5. The summed E-state index contributed by atoms with van der Waals surface area (Å²) in [7, 11) is 1.31. The number of carboxylic acid groups (broad SMARTS) is 1. The van der Waals surface area contributed by atoms with Crippen molar-refractivity contribution >= 4 is 12.0 Å². The van der Waals surface area contributed by atoms with Crippen molar-refractivity contribution in [2.45, 2.75) is 0 Å². The molecule has 15 heavy (non-hydrogen) atoms. The van der Waals surface area contributed by atoms with E-state index in [9.17, 15) is 9.90 Å². The highest BCUT2D eigenvalue weighted by atomic mass is 16.5. The van der Waals surface area contributed by atoms with E-state index in [0.717, 1.165) is 6.08 Å². The average molecular weight is 210 g/mol. The van der Waals surface area contributed by atoms with Crippen molar-refractivity contribution in [3.05, 3.63) is 23.8 Å². The number of hydrogen-bond acceptors (Lipinski definition) is 4. The van der Waals surface area contributed by atoms with Crippen LogP contribution in [0.4, 0.5) is 0 Å². The van der Waals surface area contributed by atoms with E-state index < -0.39 is 11.7 Å². The van der Waals surface area contributed by atoms with Crippen molar-refractivity contribution in [2.75, 3.05) is 7.11 Å². The van der Waals surface area contributed by atoms with Gasteiger partial charge in [0.05, 0.1) is 7.11 Å². The van der Waals surface area contributed by atoms with E-state index in [1.807, 2.05) is 0 Å². The number of phenols is 2. The first-order valence-electron chi connectivity index (χ1n) is 4.06. The van der Waals surface area contributed by atoms with Gasteiger partial charge in [0.2, 0.25) is 5.75 Å². The lowest BCUT2D eigenvalue weighted by Crippen LogP contribution is -1.90. The summed E-state index contributed by atoms with van der Waals surface area (Å²) in [6.45, 7) is 0. The smallest absolute Gasteiger partial charge is 0.328 e. The van der Waals surface area contributed by atoms with Crippen LogP contribution in [0.3, 0.4) is 0 Å². The summed E-state index contributed by atoms with van der Waals surface area (Å²) < 4.78 is 4.84. The van der Waals surface area contributed by atoms with Gasteiger partial charge in [0.1, 0.15) is 0 Å². The number of ether oxygens (including phenoxy) is 1. The molecule has 5 heteroatoms. The number of methoxy groups -OCH3 is 1. The maximum atomic E-state index is 10.3. The van der Waals surface area contributed by atoms with E-state index in [2.05, 4.69) is 0 Å². The minimum Gasteiger partial charge on any atom is -0.504 e. The van der Waals surface area contributed by atoms with Crippen LogP contribution in [0, 0.1) is 0 Å². The highest BCUT2D eigenvalue weighted by molar-refractivity contribution is 5.86. The predicted octanol–water partition coefficient (Wildman–Crippen LogP) is 1.20. The molecule has 0 aliphatic rings. The third-order valence-electron chi connectivity index (χ3n) is 1.75. The average Bonchev–Trinajstić information content (AvgIpc) is 2.19. The van der Waals surface area contributed by atoms with Gasteiger partial charge in [-0.25, -0.2) is 4.79 Å². The van der Waals surface area contributed by atoms with Crippen LogP contribution < -0.4 is 4.74 Å². The molecule has 0 aromatic heterocycles. The van der Waals surface area contributed by atoms with Crippen LogP contribution in [-0.4, -0.2) is 28.4 Å². The van der Waals surface area contributed by atoms with Gasteiger partial charge in [0.15, 0.2) is 11.5 Å². The fourth-order valence-corrected chi connectivity index (χ4v) is 1.08. The fourth-order valence-electron chi connectivity index (χ4n) is 1.08. The van der Waals surface area contributed by atoms with Crippen molar-refractivity contribution in [2.24, 2.45) is 0 Å². The monoisotopic (exact) mass is 210 g/mol. The summed E-state index contributed by atoms with van der Waals surface area (Å²) >= 11 is 0. The van der Waals surface area contributed by atoms with E-state index in [4.69, 9.17) is 14.9 Å². The third kappa shape index (κ3) is 2.40. The van der Waals surface area contributed by atoms with Gasteiger partial charge in [-0.3, -0.25) is 0 Å². The van der Waals surface area contributed by atoms with Crippen molar-refractivity contribution in [3.8, 4) is 17.2 Å². The Labute approximate surface area is 85.9 Å². The molecule has 3 N–H and O–H groups in total. The number of hydrogen-bond donors (Lipinski definition) is 3. The van der Waals surface area contributed by atoms with Gasteiger partial charge in [0, 0.05) is 11.6 Å². The van der Waals surface area contributed by atoms with Crippen molar-refractivity contribution < 1.29 is 24.9 Å². The lowest BCUT2D eigenvalue weighted by atomic mass is 10.1. The molecule has 0 spiro atoms. The predicted molar refractivity (Wildman–Crippen MR) is 53.0 cm³/mol. The summed E-state index contributed by atoms with van der Waals surface area (Å²) in [4.78, 5) is 10.3. The molecule has 0 fully saturated rings. The van der Waals surface area contributed by atoms with Gasteiger partial charge in [-0.2, -0.15) is 0 Å². The maximum absolute atomic E-state index is 10.3. The minimum absolute atomic E-state index is 0.0347. The zero-order valence-electron chi connectivity index (χ0n) is 7.97. The molecule has 0 atom stereocenters. The fraction of sp³-hybridized carbons (Fsp3) is 0.100. The molecule has 0 radical (unpaired) electrons. The molecule has 0 saturated carbocycles. The first-order chi connectivity index (χ1) is 7.06. The number of carboxylic acids is 1. The number of carbonyl (C=O) groups is 1. The van der Waals surface area contributed by atoms with Crippen molar-refractivity contribution in [1.82, 2.24) is 0 Å². The number of aromatic hydroxyl groups is 2. The summed E-state index contributed by atoms with van der Waals surface area (Å²) in [6.07, 6.45) is 2.18. The van der Waals surface area contributed by atoms with Gasteiger partial charge in [-0.15, -0.1) is 0 Å². The molecule has 0 unspecified atom stereocenters. The molecule has 1 rings (SSSR count). The largest absolute Gasteiger partial charge is 0.504 e. The zero-order valence-corrected chi connectivity index (χ0v) is 7.97. The molecule has 0 bridgehead atoms. The summed E-state index contributed by atoms with van der Waals surface area (Å²) in [5.41, 5.74) is 0.371. The number of aliphatic carboxylic acids is 1. The summed E-state index contributed by atoms with van der Waals surface area (Å²) in [5, 5.41) is 27.0. The zero-order chi connectivity index (χ0) is 11.4. The van der Waals surface area contributed by atoms with Crippen LogP contribution in [0.25, 0.3) is 6.08 Å². The van der Waals surface area contributed by atoms with E-state index in [1.54, 1.807) is 0 Å². The van der Waals surface area contributed by atoms with Crippen molar-refractivity contribution in [1.29, 1.82) is 0 Å². The van der Waals surface area contributed by atoms with Gasteiger partial charge >= 0.3 is 5.97 Å². The highest BCUT2D eigenvalue weighted by Crippen LogP contribution is 2.38. The lowest BCUT2D eigenvalue weighted by Gasteiger charge is -2.07. The molecule has 1 aromatic rings. The third-order valence-corrected chi connectivity index (χ3v) is 1.75. The Hall–Kier alpha value is -2.17. The first kappa shape index (κ1) is 10.9. The molecule has 0 aliphatic heterocycles. The second-order valence-corrected chi connectivity index (χ2v) is 2.73. The Morgan fingerprint density at radius 2 is 2.07 bits per heavy atom. The molecule has 0 heterocycles. The van der Waals surface area contributed by atoms with Crippen molar-refractivity contribution in [3.63, 3.8) is 0 Å². The Morgan fingerprint density at radius 1 is 1.40 bits per heavy atom. The number of benzene rings is 1. The first-order valence-corrected chi connectivity index (χ1v) is 4.06. The standard InChI is InChI=1S/C10H10O5/c1-15-10-6(3-5-8(12)13)2-4-7(11)9(10)14/h2-5,11,14H,1H3,(H,12,13)/b5-3+. The Balaban J connectivity index is 3.19. The second kappa shape index (κ2) is 4.36. The Bertz CT molecular complexity index is 409. The Morgan fingerprint density at radius 3 is 2.60 bits per heavy atom. The maximum Gasteiger partial charge on any atom is 0.328 e. The van der Waals surface area contributed by atoms with E-state index >= 15 is 0 Å². The van der Waals surface area contributed by atoms with Gasteiger partial charge in [-0.05, 0) is 18.2 Å². The number of phenolic OH excluding ortho intramolecular Hbond substituents is 2. The van der Waals surface area contributed by atoms with Crippen LogP contribution in [0.5, 0.6) is 17.2 Å². The SMILES string of the molecule is COc1c(/C=C/C(=O)O)ccc(O)c1O. The second-order valence-electron chi connectivity index (χ2n) is 2.73. The van der Waals surface area contributed by atoms with Crippen LogP contribution in [0.15, 0.2) is 18.2 Å². The molecular weight excluding hydrogens is 200 g/mol. The molecule has 80 valence electrons. The molecular formula is C10H10O5. The Kier molecular flexibility index (Phi) is 3.17. The molecule has 0 saturated heterocycles. The van der Waals surface area contributed by atoms with Gasteiger partial charge in [-0.1, -0.05) is 0 Å². The van der Waals surface area contributed by atoms with E-state index in [1.165, 1.54) is 25.3 Å². The summed E-state index contributed by atoms with van der Waals surface area (Å²) in [5.74, 6) is -1.80. The van der Waals surface area contributed by atoms with Gasteiger partial charge in [0.25, 0.3) is 0 Å². The lowest BCUT2D eigenvalue weighted by molar-refractivity contribution is -0.131. The quantitative estimate of drug-likeness (QED) is 0.515. The minimum atomic E-state index is -1.11. The highest BCUT2D eigenvalue weighted by Gasteiger charge is 2.10. The van der Waals surface area contributed by atoms with Crippen LogP contribution in [-0.2, 0) is 4.79 Å². The van der Waals surface area contributed by atoms with Crippen LogP contribution in [0.2, 0.25) is 0 Å².